The van der Waals surface area contributed by atoms with Crippen molar-refractivity contribution >= 4 is 28.1 Å². The van der Waals surface area contributed by atoms with Gasteiger partial charge in [-0.25, -0.2) is 14.2 Å². The van der Waals surface area contributed by atoms with Crippen LogP contribution in [0.25, 0.3) is 0 Å². The highest BCUT2D eigenvalue weighted by Crippen LogP contribution is 2.32. The molecule has 0 aliphatic rings. The van der Waals surface area contributed by atoms with Crippen LogP contribution in [0.5, 0.6) is 0 Å². The van der Waals surface area contributed by atoms with Crippen molar-refractivity contribution in [1.82, 2.24) is 4.98 Å². The fourth-order valence-electron chi connectivity index (χ4n) is 1.85. The van der Waals surface area contributed by atoms with Crippen molar-refractivity contribution in [2.24, 2.45) is 0 Å². The molecule has 0 unspecified atom stereocenters. The molecule has 0 saturated carbocycles. The number of aryl methyl sites for hydroxylation is 1. The molecule has 4 nitrogen and oxygen atoms in total. The normalized spacial score (nSPS) is 10.4. The molecule has 0 amide bonds. The van der Waals surface area contributed by atoms with Crippen molar-refractivity contribution in [1.29, 1.82) is 0 Å². The fraction of sp³-hybridized carbons (Fsp3) is 0.286. The lowest BCUT2D eigenvalue weighted by Crippen LogP contribution is -2.15. The van der Waals surface area contributed by atoms with Crippen LogP contribution in [0.1, 0.15) is 22.3 Å². The van der Waals surface area contributed by atoms with Crippen LogP contribution in [-0.4, -0.2) is 24.6 Å². The van der Waals surface area contributed by atoms with Crippen LogP contribution in [0.2, 0.25) is 0 Å². The average Bonchev–Trinajstić information content (AvgIpc) is 2.81. The third-order valence-electron chi connectivity index (χ3n) is 2.82. The van der Waals surface area contributed by atoms with Crippen LogP contribution in [0.3, 0.4) is 0 Å². The highest BCUT2D eigenvalue weighted by Gasteiger charge is 2.19. The van der Waals surface area contributed by atoms with E-state index < -0.39 is 5.97 Å². The van der Waals surface area contributed by atoms with Gasteiger partial charge in [-0.05, 0) is 32.0 Å². The van der Waals surface area contributed by atoms with E-state index in [1.807, 2.05) is 11.8 Å². The minimum absolute atomic E-state index is 0.303. The largest absolute Gasteiger partial charge is 0.465 e. The van der Waals surface area contributed by atoms with E-state index in [1.165, 1.54) is 30.6 Å². The van der Waals surface area contributed by atoms with Crippen LogP contribution in [0.4, 0.5) is 15.2 Å². The van der Waals surface area contributed by atoms with Gasteiger partial charge in [0.1, 0.15) is 10.7 Å². The zero-order valence-electron chi connectivity index (χ0n) is 11.5. The smallest absolute Gasteiger partial charge is 0.350 e. The van der Waals surface area contributed by atoms with Crippen molar-refractivity contribution in [2.45, 2.75) is 13.8 Å². The summed E-state index contributed by atoms with van der Waals surface area (Å²) in [6.45, 7) is 4.32. The lowest BCUT2D eigenvalue weighted by atomic mass is 10.3. The van der Waals surface area contributed by atoms with Gasteiger partial charge in [0.25, 0.3) is 0 Å². The zero-order chi connectivity index (χ0) is 14.7. The lowest BCUT2D eigenvalue weighted by Gasteiger charge is -2.19. The summed E-state index contributed by atoms with van der Waals surface area (Å²) in [4.78, 5) is 18.3. The minimum atomic E-state index is -0.401. The molecule has 20 heavy (non-hydrogen) atoms. The number of anilines is 2. The predicted molar refractivity (Wildman–Crippen MR) is 77.3 cm³/mol. The maximum Gasteiger partial charge on any atom is 0.350 e. The number of hydrogen-bond donors (Lipinski definition) is 0. The number of carbonyl (C=O) groups is 1. The molecule has 0 aliphatic heterocycles. The number of carbonyl (C=O) groups excluding carboxylic acids is 1. The van der Waals surface area contributed by atoms with Gasteiger partial charge in [0.2, 0.25) is 0 Å². The molecular formula is C14H15FN2O2S. The van der Waals surface area contributed by atoms with E-state index in [0.717, 1.165) is 0 Å². The van der Waals surface area contributed by atoms with Crippen molar-refractivity contribution in [3.8, 4) is 0 Å². The van der Waals surface area contributed by atoms with E-state index in [-0.39, 0.29) is 5.82 Å². The van der Waals surface area contributed by atoms with Crippen LogP contribution in [0.15, 0.2) is 24.3 Å². The number of nitrogens with zero attached hydrogens (tertiary/aromatic N) is 2. The Balaban J connectivity index is 2.40. The quantitative estimate of drug-likeness (QED) is 0.809. The molecule has 106 valence electrons. The summed E-state index contributed by atoms with van der Waals surface area (Å²) >= 11 is 1.24. The number of esters is 1. The molecule has 0 spiro atoms. The molecule has 6 heteroatoms. The Morgan fingerprint density at radius 1 is 1.50 bits per heavy atom. The number of ether oxygens (including phenoxy) is 1. The number of rotatable bonds is 4. The molecule has 1 aromatic carbocycles. The van der Waals surface area contributed by atoms with E-state index >= 15 is 0 Å². The summed E-state index contributed by atoms with van der Waals surface area (Å²) in [5.41, 5.74) is 1.32. The Morgan fingerprint density at radius 2 is 2.25 bits per heavy atom. The number of aromatic nitrogens is 1. The maximum atomic E-state index is 13.3. The second-order valence-corrected chi connectivity index (χ2v) is 5.10. The molecule has 0 bridgehead atoms. The number of methoxy groups -OCH3 is 1. The van der Waals surface area contributed by atoms with Crippen LogP contribution in [-0.2, 0) is 4.74 Å². The van der Waals surface area contributed by atoms with Gasteiger partial charge < -0.3 is 9.64 Å². The van der Waals surface area contributed by atoms with E-state index in [0.29, 0.717) is 27.9 Å². The van der Waals surface area contributed by atoms with Gasteiger partial charge >= 0.3 is 5.97 Å². The molecule has 0 fully saturated rings. The number of thiazole rings is 1. The molecule has 2 rings (SSSR count). The number of hydrogen-bond acceptors (Lipinski definition) is 5. The third kappa shape index (κ3) is 2.80. The van der Waals surface area contributed by atoms with Gasteiger partial charge in [-0.1, -0.05) is 17.4 Å². The Kier molecular flexibility index (Phi) is 4.34. The van der Waals surface area contributed by atoms with E-state index in [2.05, 4.69) is 4.98 Å². The highest BCUT2D eigenvalue weighted by atomic mass is 32.1. The van der Waals surface area contributed by atoms with Crippen LogP contribution < -0.4 is 4.90 Å². The Hall–Kier alpha value is -1.95. The standard InChI is InChI=1S/C14H15FN2O2S/c1-4-17(11-7-5-6-10(15)8-11)14-16-9(2)12(20-14)13(18)19-3/h5-8H,4H2,1-3H3. The lowest BCUT2D eigenvalue weighted by molar-refractivity contribution is 0.0605. The van der Waals surface area contributed by atoms with Crippen molar-refractivity contribution in [3.05, 3.63) is 40.7 Å². The molecule has 0 N–H and O–H groups in total. The summed E-state index contributed by atoms with van der Waals surface area (Å²) < 4.78 is 18.1. The summed E-state index contributed by atoms with van der Waals surface area (Å²) in [6, 6.07) is 6.29. The second-order valence-electron chi connectivity index (χ2n) is 4.13. The van der Waals surface area contributed by atoms with Crippen LogP contribution >= 0.6 is 11.3 Å². The van der Waals surface area contributed by atoms with E-state index in [1.54, 1.807) is 19.1 Å². The molecule has 0 aliphatic carbocycles. The van der Waals surface area contributed by atoms with Gasteiger partial charge in [-0.3, -0.25) is 0 Å². The third-order valence-corrected chi connectivity index (χ3v) is 3.98. The van der Waals surface area contributed by atoms with Gasteiger partial charge in [0, 0.05) is 12.2 Å². The molecule has 0 radical (unpaired) electrons. The maximum absolute atomic E-state index is 13.3. The number of benzene rings is 1. The van der Waals surface area contributed by atoms with Crippen molar-refractivity contribution in [2.75, 3.05) is 18.6 Å². The average molecular weight is 294 g/mol. The van der Waals surface area contributed by atoms with Gasteiger partial charge in [0.05, 0.1) is 12.8 Å². The first-order chi connectivity index (χ1) is 9.56. The Labute approximate surface area is 120 Å². The van der Waals surface area contributed by atoms with Gasteiger partial charge in [-0.2, -0.15) is 0 Å². The predicted octanol–water partition coefficient (Wildman–Crippen LogP) is 3.54. The molecule has 1 heterocycles. The molecule has 0 atom stereocenters. The topological polar surface area (TPSA) is 42.4 Å². The van der Waals surface area contributed by atoms with Gasteiger partial charge in [0.15, 0.2) is 5.13 Å². The molecule has 1 aromatic heterocycles. The molecular weight excluding hydrogens is 279 g/mol. The van der Waals surface area contributed by atoms with Gasteiger partial charge in [-0.15, -0.1) is 0 Å². The van der Waals surface area contributed by atoms with Crippen molar-refractivity contribution in [3.63, 3.8) is 0 Å². The highest BCUT2D eigenvalue weighted by molar-refractivity contribution is 7.17. The number of halogens is 1. The Morgan fingerprint density at radius 3 is 2.85 bits per heavy atom. The van der Waals surface area contributed by atoms with E-state index in [9.17, 15) is 9.18 Å². The summed E-state index contributed by atoms with van der Waals surface area (Å²) in [6.07, 6.45) is 0. The Bertz CT molecular complexity index is 627. The zero-order valence-corrected chi connectivity index (χ0v) is 12.3. The first-order valence-electron chi connectivity index (χ1n) is 6.15. The van der Waals surface area contributed by atoms with Crippen LogP contribution in [0, 0.1) is 12.7 Å². The molecule has 0 saturated heterocycles. The summed E-state index contributed by atoms with van der Waals surface area (Å²) in [5, 5.41) is 0.649. The summed E-state index contributed by atoms with van der Waals surface area (Å²) in [5.74, 6) is -0.705. The van der Waals surface area contributed by atoms with E-state index in [4.69, 9.17) is 4.74 Å². The monoisotopic (exact) mass is 294 g/mol. The summed E-state index contributed by atoms with van der Waals surface area (Å²) in [7, 11) is 1.34. The van der Waals surface area contributed by atoms with Crippen molar-refractivity contribution < 1.29 is 13.9 Å². The SMILES string of the molecule is CCN(c1cccc(F)c1)c1nc(C)c(C(=O)OC)s1. The first kappa shape index (κ1) is 14.5. The first-order valence-corrected chi connectivity index (χ1v) is 6.97. The fourth-order valence-corrected chi connectivity index (χ4v) is 2.92. The minimum Gasteiger partial charge on any atom is -0.465 e. The molecule has 2 aromatic rings. The second kappa shape index (κ2) is 6.00.